The van der Waals surface area contributed by atoms with Gasteiger partial charge in [-0.05, 0) is 29.8 Å². The second kappa shape index (κ2) is 5.61. The highest BCUT2D eigenvalue weighted by Gasteiger charge is 1.92. The topological polar surface area (TPSA) is 50.2 Å². The van der Waals surface area contributed by atoms with E-state index >= 15 is 0 Å². The van der Waals surface area contributed by atoms with Crippen molar-refractivity contribution in [2.24, 2.45) is 5.10 Å². The van der Waals surface area contributed by atoms with Gasteiger partial charge in [-0.3, -0.25) is 5.43 Å². The third-order valence-corrected chi connectivity index (χ3v) is 2.35. The van der Waals surface area contributed by atoms with E-state index in [4.69, 9.17) is 23.2 Å². The van der Waals surface area contributed by atoms with E-state index in [1.54, 1.807) is 30.5 Å². The summed E-state index contributed by atoms with van der Waals surface area (Å²) in [5, 5.41) is 12.5. The molecule has 1 N–H and O–H groups in total. The van der Waals surface area contributed by atoms with Gasteiger partial charge in [0.05, 0.1) is 6.21 Å². The molecule has 0 radical (unpaired) electrons. The molecule has 0 aliphatic heterocycles. The van der Waals surface area contributed by atoms with Gasteiger partial charge in [0, 0.05) is 5.02 Å². The second-order valence-corrected chi connectivity index (χ2v) is 3.99. The van der Waals surface area contributed by atoms with Gasteiger partial charge in [-0.25, -0.2) is 0 Å². The Kier molecular flexibility index (Phi) is 3.90. The number of hydrazone groups is 1. The van der Waals surface area contributed by atoms with Crippen molar-refractivity contribution in [1.29, 1.82) is 0 Å². The molecule has 4 nitrogen and oxygen atoms in total. The van der Waals surface area contributed by atoms with Gasteiger partial charge in [-0.1, -0.05) is 35.3 Å². The highest BCUT2D eigenvalue weighted by molar-refractivity contribution is 6.30. The first-order valence-electron chi connectivity index (χ1n) is 4.78. The molecule has 0 aliphatic carbocycles. The monoisotopic (exact) mass is 266 g/mol. The molecule has 0 unspecified atom stereocenters. The van der Waals surface area contributed by atoms with Gasteiger partial charge in [-0.15, -0.1) is 10.2 Å². The molecule has 0 fully saturated rings. The van der Waals surface area contributed by atoms with Crippen molar-refractivity contribution in [3.63, 3.8) is 0 Å². The lowest BCUT2D eigenvalue weighted by molar-refractivity contribution is 1.02. The first-order valence-corrected chi connectivity index (χ1v) is 5.53. The zero-order valence-corrected chi connectivity index (χ0v) is 10.2. The van der Waals surface area contributed by atoms with E-state index in [-0.39, 0.29) is 0 Å². The predicted octanol–water partition coefficient (Wildman–Crippen LogP) is 3.23. The van der Waals surface area contributed by atoms with Crippen molar-refractivity contribution in [3.8, 4) is 0 Å². The molecule has 0 aliphatic rings. The zero-order chi connectivity index (χ0) is 12.1. The standard InChI is InChI=1S/C11H8Cl2N4/c12-9-3-1-8(2-4-9)7-14-16-11-6-5-10(13)15-17-11/h1-7H,(H,16,17)/b14-7+. The molecule has 1 aromatic heterocycles. The molecule has 0 saturated heterocycles. The molecular formula is C11H8Cl2N4. The molecule has 6 heteroatoms. The maximum atomic E-state index is 5.77. The molecule has 86 valence electrons. The molecule has 1 heterocycles. The van der Waals surface area contributed by atoms with Crippen LogP contribution in [-0.2, 0) is 0 Å². The van der Waals surface area contributed by atoms with Gasteiger partial charge in [0.2, 0.25) is 0 Å². The summed E-state index contributed by atoms with van der Waals surface area (Å²) < 4.78 is 0. The Labute approximate surface area is 108 Å². The first kappa shape index (κ1) is 11.8. The van der Waals surface area contributed by atoms with Crippen molar-refractivity contribution in [2.45, 2.75) is 0 Å². The number of rotatable bonds is 3. The summed E-state index contributed by atoms with van der Waals surface area (Å²) in [6.07, 6.45) is 1.66. The SMILES string of the molecule is Clc1ccc(/C=N/Nc2ccc(Cl)nn2)cc1. The molecule has 0 saturated carbocycles. The highest BCUT2D eigenvalue weighted by atomic mass is 35.5. The first-order chi connectivity index (χ1) is 8.24. The Morgan fingerprint density at radius 1 is 1.00 bits per heavy atom. The van der Waals surface area contributed by atoms with Crippen LogP contribution < -0.4 is 5.43 Å². The van der Waals surface area contributed by atoms with Gasteiger partial charge in [0.15, 0.2) is 11.0 Å². The van der Waals surface area contributed by atoms with Crippen molar-refractivity contribution >= 4 is 35.2 Å². The molecule has 2 aromatic rings. The quantitative estimate of drug-likeness (QED) is 0.686. The number of anilines is 1. The Balaban J connectivity index is 1.97. The number of nitrogens with zero attached hydrogens (tertiary/aromatic N) is 3. The van der Waals surface area contributed by atoms with Crippen LogP contribution in [0.25, 0.3) is 0 Å². The molecule has 1 aromatic carbocycles. The van der Waals surface area contributed by atoms with E-state index in [0.717, 1.165) is 5.56 Å². The summed E-state index contributed by atoms with van der Waals surface area (Å²) in [4.78, 5) is 0. The average Bonchev–Trinajstić information content (AvgIpc) is 2.34. The smallest absolute Gasteiger partial charge is 0.168 e. The van der Waals surface area contributed by atoms with Crippen molar-refractivity contribution in [2.75, 3.05) is 5.43 Å². The minimum absolute atomic E-state index is 0.345. The normalized spacial score (nSPS) is 10.7. The maximum absolute atomic E-state index is 5.77. The largest absolute Gasteiger partial charge is 0.260 e. The van der Waals surface area contributed by atoms with E-state index in [1.165, 1.54) is 0 Å². The van der Waals surface area contributed by atoms with E-state index in [0.29, 0.717) is 16.0 Å². The average molecular weight is 267 g/mol. The lowest BCUT2D eigenvalue weighted by atomic mass is 10.2. The predicted molar refractivity (Wildman–Crippen MR) is 69.7 cm³/mol. The van der Waals surface area contributed by atoms with Crippen LogP contribution in [0, 0.1) is 0 Å². The van der Waals surface area contributed by atoms with Crippen LogP contribution in [-0.4, -0.2) is 16.4 Å². The Morgan fingerprint density at radius 2 is 1.76 bits per heavy atom. The number of aromatic nitrogens is 2. The molecule has 0 amide bonds. The fourth-order valence-corrected chi connectivity index (χ4v) is 1.32. The minimum Gasteiger partial charge on any atom is -0.260 e. The fraction of sp³-hybridized carbons (Fsp3) is 0. The summed E-state index contributed by atoms with van der Waals surface area (Å²) in [6, 6.07) is 10.6. The number of halogens is 2. The highest BCUT2D eigenvalue weighted by Crippen LogP contribution is 2.08. The third kappa shape index (κ3) is 3.69. The van der Waals surface area contributed by atoms with Crippen molar-refractivity contribution in [3.05, 3.63) is 52.1 Å². The lowest BCUT2D eigenvalue weighted by Gasteiger charge is -1.97. The van der Waals surface area contributed by atoms with Crippen LogP contribution in [0.5, 0.6) is 0 Å². The van der Waals surface area contributed by atoms with Crippen LogP contribution in [0.1, 0.15) is 5.56 Å². The van der Waals surface area contributed by atoms with Crippen LogP contribution in [0.3, 0.4) is 0 Å². The minimum atomic E-state index is 0.345. The van der Waals surface area contributed by atoms with Crippen molar-refractivity contribution < 1.29 is 0 Å². The summed E-state index contributed by atoms with van der Waals surface area (Å²) in [7, 11) is 0. The van der Waals surface area contributed by atoms with Crippen LogP contribution in [0.15, 0.2) is 41.5 Å². The van der Waals surface area contributed by atoms with Gasteiger partial charge in [0.25, 0.3) is 0 Å². The van der Waals surface area contributed by atoms with E-state index in [2.05, 4.69) is 20.7 Å². The Hall–Kier alpha value is -1.65. The van der Waals surface area contributed by atoms with Crippen LogP contribution in [0.4, 0.5) is 5.82 Å². The van der Waals surface area contributed by atoms with Gasteiger partial charge >= 0.3 is 0 Å². The lowest BCUT2D eigenvalue weighted by Crippen LogP contribution is -1.94. The van der Waals surface area contributed by atoms with Gasteiger partial charge in [-0.2, -0.15) is 5.10 Å². The fourth-order valence-electron chi connectivity index (χ4n) is 1.10. The molecule has 0 bridgehead atoms. The summed E-state index contributed by atoms with van der Waals surface area (Å²) in [5.41, 5.74) is 3.67. The number of hydrogen-bond acceptors (Lipinski definition) is 4. The van der Waals surface area contributed by atoms with Crippen LogP contribution >= 0.6 is 23.2 Å². The Bertz CT molecular complexity index is 508. The second-order valence-electron chi connectivity index (χ2n) is 3.16. The van der Waals surface area contributed by atoms with E-state index < -0.39 is 0 Å². The summed E-state index contributed by atoms with van der Waals surface area (Å²) >= 11 is 11.4. The number of nitrogens with one attached hydrogen (secondary N) is 1. The van der Waals surface area contributed by atoms with E-state index in [1.807, 2.05) is 12.1 Å². The summed E-state index contributed by atoms with van der Waals surface area (Å²) in [6.45, 7) is 0. The number of hydrogen-bond donors (Lipinski definition) is 1. The molecule has 0 spiro atoms. The van der Waals surface area contributed by atoms with Crippen molar-refractivity contribution in [1.82, 2.24) is 10.2 Å². The Morgan fingerprint density at radius 3 is 2.41 bits per heavy atom. The van der Waals surface area contributed by atoms with Crippen LogP contribution in [0.2, 0.25) is 10.2 Å². The van der Waals surface area contributed by atoms with Gasteiger partial charge in [0.1, 0.15) is 0 Å². The molecule has 0 atom stereocenters. The third-order valence-electron chi connectivity index (χ3n) is 1.89. The van der Waals surface area contributed by atoms with Gasteiger partial charge < -0.3 is 0 Å². The van der Waals surface area contributed by atoms with E-state index in [9.17, 15) is 0 Å². The molecular weight excluding hydrogens is 259 g/mol. The zero-order valence-electron chi connectivity index (χ0n) is 8.64. The summed E-state index contributed by atoms with van der Waals surface area (Å²) in [5.74, 6) is 0.527. The molecule has 17 heavy (non-hydrogen) atoms. The number of benzene rings is 1. The maximum Gasteiger partial charge on any atom is 0.168 e. The molecule has 2 rings (SSSR count).